The lowest BCUT2D eigenvalue weighted by atomic mass is 10.1. The van der Waals surface area contributed by atoms with Crippen molar-refractivity contribution < 1.29 is 23.8 Å². The van der Waals surface area contributed by atoms with Gasteiger partial charge < -0.3 is 14.2 Å². The highest BCUT2D eigenvalue weighted by Gasteiger charge is 2.35. The first-order valence-corrected chi connectivity index (χ1v) is 4.27. The number of carbonyl (C=O) groups excluding carboxylic acids is 2. The van der Waals surface area contributed by atoms with Crippen LogP contribution in [0.1, 0.15) is 10.4 Å². The Morgan fingerprint density at radius 2 is 2.13 bits per heavy atom. The summed E-state index contributed by atoms with van der Waals surface area (Å²) in [6, 6.07) is 6.68. The fraction of sp³-hybridized carbons (Fsp3) is 0.200. The molecule has 1 atom stereocenters. The van der Waals surface area contributed by atoms with Crippen molar-refractivity contribution in [2.45, 2.75) is 6.29 Å². The molecule has 0 radical (unpaired) electrons. The van der Waals surface area contributed by atoms with E-state index in [0.717, 1.165) is 7.11 Å². The lowest BCUT2D eigenvalue weighted by Crippen LogP contribution is -2.27. The minimum Gasteiger partial charge on any atom is -0.447 e. The normalized spacial score (nSPS) is 17.9. The summed E-state index contributed by atoms with van der Waals surface area (Å²) in [5.74, 6) is 0.0346. The van der Waals surface area contributed by atoms with Crippen LogP contribution in [0.2, 0.25) is 0 Å². The highest BCUT2D eigenvalue weighted by atomic mass is 16.8. The summed E-state index contributed by atoms with van der Waals surface area (Å²) in [7, 11) is 1.16. The number of ether oxygens (including phenoxy) is 3. The van der Waals surface area contributed by atoms with Gasteiger partial charge in [0.2, 0.25) is 5.78 Å². The van der Waals surface area contributed by atoms with Gasteiger partial charge in [0.15, 0.2) is 0 Å². The molecule has 0 saturated carbocycles. The Morgan fingerprint density at radius 3 is 2.80 bits per heavy atom. The molecule has 1 aromatic rings. The van der Waals surface area contributed by atoms with Crippen molar-refractivity contribution >= 4 is 11.9 Å². The second kappa shape index (κ2) is 3.61. The minimum absolute atomic E-state index is 0.379. The SMILES string of the molecule is COC(=O)OC1Oc2ccccc2C1=O. The first-order valence-electron chi connectivity index (χ1n) is 4.27. The Hall–Kier alpha value is -2.04. The second-order valence-corrected chi connectivity index (χ2v) is 2.88. The quantitative estimate of drug-likeness (QED) is 0.652. The topological polar surface area (TPSA) is 61.8 Å². The highest BCUT2D eigenvalue weighted by molar-refractivity contribution is 6.04. The van der Waals surface area contributed by atoms with Crippen LogP contribution in [0.25, 0.3) is 0 Å². The Labute approximate surface area is 85.5 Å². The molecule has 1 aromatic carbocycles. The van der Waals surface area contributed by atoms with E-state index in [1.165, 1.54) is 0 Å². The van der Waals surface area contributed by atoms with E-state index in [1.54, 1.807) is 24.3 Å². The summed E-state index contributed by atoms with van der Waals surface area (Å²) >= 11 is 0. The van der Waals surface area contributed by atoms with Gasteiger partial charge in [-0.2, -0.15) is 0 Å². The van der Waals surface area contributed by atoms with Crippen LogP contribution in [-0.4, -0.2) is 25.3 Å². The van der Waals surface area contributed by atoms with Gasteiger partial charge in [-0.05, 0) is 12.1 Å². The number of benzene rings is 1. The molecule has 0 amide bonds. The molecular formula is C10H8O5. The summed E-state index contributed by atoms with van der Waals surface area (Å²) < 4.78 is 14.0. The number of ketones is 1. The van der Waals surface area contributed by atoms with Crippen molar-refractivity contribution in [3.8, 4) is 5.75 Å². The van der Waals surface area contributed by atoms with E-state index in [0.29, 0.717) is 11.3 Å². The van der Waals surface area contributed by atoms with E-state index in [9.17, 15) is 9.59 Å². The minimum atomic E-state index is -1.23. The highest BCUT2D eigenvalue weighted by Crippen LogP contribution is 2.28. The summed E-state index contributed by atoms with van der Waals surface area (Å²) in [5.41, 5.74) is 0.409. The largest absolute Gasteiger partial charge is 0.511 e. The van der Waals surface area contributed by atoms with E-state index in [1.807, 2.05) is 0 Å². The van der Waals surface area contributed by atoms with Crippen LogP contribution in [0.4, 0.5) is 4.79 Å². The third-order valence-electron chi connectivity index (χ3n) is 1.97. The van der Waals surface area contributed by atoms with Crippen LogP contribution < -0.4 is 4.74 Å². The Balaban J connectivity index is 2.17. The van der Waals surface area contributed by atoms with Crippen LogP contribution in [0.3, 0.4) is 0 Å². The summed E-state index contributed by atoms with van der Waals surface area (Å²) in [5, 5.41) is 0. The van der Waals surface area contributed by atoms with Crippen LogP contribution in [-0.2, 0) is 9.47 Å². The summed E-state index contributed by atoms with van der Waals surface area (Å²) in [6.45, 7) is 0. The smallest absolute Gasteiger partial charge is 0.447 e. The van der Waals surface area contributed by atoms with Gasteiger partial charge in [-0.1, -0.05) is 12.1 Å². The maximum Gasteiger partial charge on any atom is 0.511 e. The predicted octanol–water partition coefficient (Wildman–Crippen LogP) is 1.37. The van der Waals surface area contributed by atoms with E-state index in [-0.39, 0.29) is 5.78 Å². The number of para-hydroxylation sites is 1. The van der Waals surface area contributed by atoms with Gasteiger partial charge in [-0.25, -0.2) is 4.79 Å². The fourth-order valence-corrected chi connectivity index (χ4v) is 1.28. The van der Waals surface area contributed by atoms with Crippen LogP contribution in [0.15, 0.2) is 24.3 Å². The second-order valence-electron chi connectivity index (χ2n) is 2.88. The number of Topliss-reactive ketones (excluding diaryl/α,β-unsaturated/α-hetero) is 1. The molecule has 0 aromatic heterocycles. The van der Waals surface area contributed by atoms with Gasteiger partial charge in [-0.15, -0.1) is 0 Å². The lowest BCUT2D eigenvalue weighted by molar-refractivity contribution is -0.0330. The molecule has 0 saturated heterocycles. The van der Waals surface area contributed by atoms with Gasteiger partial charge in [-0.3, -0.25) is 4.79 Å². The molecule has 0 bridgehead atoms. The molecule has 1 heterocycles. The number of fused-ring (bicyclic) bond motifs is 1. The molecule has 2 rings (SSSR count). The Bertz CT molecular complexity index is 412. The zero-order valence-electron chi connectivity index (χ0n) is 7.93. The number of methoxy groups -OCH3 is 1. The first-order chi connectivity index (χ1) is 7.22. The molecule has 5 nitrogen and oxygen atoms in total. The lowest BCUT2D eigenvalue weighted by Gasteiger charge is -2.08. The Morgan fingerprint density at radius 1 is 1.40 bits per heavy atom. The third-order valence-corrected chi connectivity index (χ3v) is 1.97. The molecule has 0 fully saturated rings. The van der Waals surface area contributed by atoms with Crippen molar-refractivity contribution in [2.75, 3.05) is 7.11 Å². The summed E-state index contributed by atoms with van der Waals surface area (Å²) in [6.07, 6.45) is -2.17. The number of rotatable bonds is 1. The first kappa shape index (κ1) is 9.51. The van der Waals surface area contributed by atoms with Crippen molar-refractivity contribution in [3.63, 3.8) is 0 Å². The Kier molecular flexibility index (Phi) is 2.29. The average Bonchev–Trinajstić information content (AvgIpc) is 2.57. The molecule has 5 heteroatoms. The van der Waals surface area contributed by atoms with E-state index < -0.39 is 12.4 Å². The van der Waals surface area contributed by atoms with Gasteiger partial charge in [0.05, 0.1) is 12.7 Å². The van der Waals surface area contributed by atoms with Gasteiger partial charge in [0, 0.05) is 0 Å². The fourth-order valence-electron chi connectivity index (χ4n) is 1.28. The van der Waals surface area contributed by atoms with Crippen LogP contribution >= 0.6 is 0 Å². The monoisotopic (exact) mass is 208 g/mol. The maximum atomic E-state index is 11.6. The van der Waals surface area contributed by atoms with Gasteiger partial charge in [0.1, 0.15) is 5.75 Å². The zero-order chi connectivity index (χ0) is 10.8. The summed E-state index contributed by atoms with van der Waals surface area (Å²) in [4.78, 5) is 22.4. The van der Waals surface area contributed by atoms with E-state index >= 15 is 0 Å². The molecule has 0 spiro atoms. The van der Waals surface area contributed by atoms with Crippen LogP contribution in [0, 0.1) is 0 Å². The van der Waals surface area contributed by atoms with Gasteiger partial charge in [0.25, 0.3) is 0 Å². The maximum absolute atomic E-state index is 11.6. The van der Waals surface area contributed by atoms with Crippen molar-refractivity contribution in [3.05, 3.63) is 29.8 Å². The number of carbonyl (C=O) groups is 2. The van der Waals surface area contributed by atoms with Crippen molar-refractivity contribution in [2.24, 2.45) is 0 Å². The number of hydrogen-bond donors (Lipinski definition) is 0. The third kappa shape index (κ3) is 1.63. The standard InChI is InChI=1S/C10H8O5/c1-13-10(12)15-9-8(11)6-4-2-3-5-7(6)14-9/h2-5,9H,1H3. The van der Waals surface area contributed by atoms with Crippen LogP contribution in [0.5, 0.6) is 5.75 Å². The zero-order valence-corrected chi connectivity index (χ0v) is 7.93. The molecule has 78 valence electrons. The number of hydrogen-bond acceptors (Lipinski definition) is 5. The molecule has 15 heavy (non-hydrogen) atoms. The molecule has 1 unspecified atom stereocenters. The van der Waals surface area contributed by atoms with E-state index in [2.05, 4.69) is 9.47 Å². The molecule has 1 aliphatic heterocycles. The van der Waals surface area contributed by atoms with Crippen molar-refractivity contribution in [1.29, 1.82) is 0 Å². The molecule has 1 aliphatic rings. The predicted molar refractivity (Wildman–Crippen MR) is 48.7 cm³/mol. The molecule has 0 aliphatic carbocycles. The average molecular weight is 208 g/mol. The molecular weight excluding hydrogens is 200 g/mol. The van der Waals surface area contributed by atoms with Crippen molar-refractivity contribution in [1.82, 2.24) is 0 Å². The van der Waals surface area contributed by atoms with Gasteiger partial charge >= 0.3 is 12.4 Å². The van der Waals surface area contributed by atoms with E-state index in [4.69, 9.17) is 4.74 Å². The molecule has 0 N–H and O–H groups in total.